The van der Waals surface area contributed by atoms with E-state index in [4.69, 9.17) is 0 Å². The lowest BCUT2D eigenvalue weighted by Gasteiger charge is -2.20. The Morgan fingerprint density at radius 1 is 1.23 bits per heavy atom. The molecule has 0 aliphatic rings. The summed E-state index contributed by atoms with van der Waals surface area (Å²) in [6.07, 6.45) is 5.55. The van der Waals surface area contributed by atoms with Crippen molar-refractivity contribution in [1.29, 1.82) is 0 Å². The summed E-state index contributed by atoms with van der Waals surface area (Å²) in [5.41, 5.74) is -1.09. The van der Waals surface area contributed by atoms with E-state index in [1.54, 1.807) is 6.08 Å². The third-order valence-electron chi connectivity index (χ3n) is 5.18. The van der Waals surface area contributed by atoms with E-state index in [0.29, 0.717) is 22.7 Å². The highest BCUT2D eigenvalue weighted by atomic mass is 32.1. The molecule has 0 fully saturated rings. The fourth-order valence-electron chi connectivity index (χ4n) is 3.44. The molecule has 190 valence electrons. The molecular weight excluding hydrogens is 482 g/mol. The number of allylic oxidation sites excluding steroid dienone is 2. The van der Waals surface area contributed by atoms with Crippen LogP contribution in [0.5, 0.6) is 0 Å². The van der Waals surface area contributed by atoms with Crippen LogP contribution in [0, 0.1) is 5.13 Å². The van der Waals surface area contributed by atoms with Crippen molar-refractivity contribution < 1.29 is 27.5 Å². The van der Waals surface area contributed by atoms with Gasteiger partial charge in [0, 0.05) is 18.8 Å². The molecule has 1 heterocycles. The molecule has 1 amide bonds. The number of aliphatic imine (C=N–C) groups is 1. The first-order valence-electron chi connectivity index (χ1n) is 11.4. The molecule has 0 aliphatic carbocycles. The third-order valence-corrected chi connectivity index (χ3v) is 6.05. The number of benzene rings is 1. The number of hydrogen-bond donors (Lipinski definition) is 1. The molecule has 0 radical (unpaired) electrons. The van der Waals surface area contributed by atoms with Gasteiger partial charge in [0.15, 0.2) is 0 Å². The second-order valence-electron chi connectivity index (χ2n) is 7.80. The number of aryl methyl sites for hydroxylation is 1. The Morgan fingerprint density at radius 3 is 2.60 bits per heavy atom. The van der Waals surface area contributed by atoms with Crippen LogP contribution < -0.4 is 4.90 Å². The minimum atomic E-state index is -4.66. The number of halogens is 4. The van der Waals surface area contributed by atoms with E-state index >= 15 is 0 Å². The molecule has 35 heavy (non-hydrogen) atoms. The number of rotatable bonds is 13. The molecule has 1 N–H and O–H groups in total. The topological polar surface area (TPSA) is 65.8 Å². The summed E-state index contributed by atoms with van der Waals surface area (Å²) in [7, 11) is 0. The maximum absolute atomic E-state index is 14.4. The fraction of sp³-hybridized carbons (Fsp3) is 0.400. The third kappa shape index (κ3) is 8.61. The molecule has 10 heteroatoms. The van der Waals surface area contributed by atoms with E-state index < -0.39 is 23.0 Å². The van der Waals surface area contributed by atoms with Gasteiger partial charge in [-0.15, -0.1) is 0 Å². The second kappa shape index (κ2) is 13.8. The summed E-state index contributed by atoms with van der Waals surface area (Å²) in [5, 5.41) is 8.69. The van der Waals surface area contributed by atoms with Crippen molar-refractivity contribution in [3.05, 3.63) is 65.1 Å². The SMILES string of the molecule is C=C/C=C\N=CCc1nc(N(C(=O)O)c2ccc(CCCCCCCC)c(C(F)(F)F)c2)sc1F. The van der Waals surface area contributed by atoms with Gasteiger partial charge in [-0.3, -0.25) is 4.99 Å². The van der Waals surface area contributed by atoms with E-state index in [0.717, 1.165) is 38.2 Å². The Balaban J connectivity index is 2.28. The quantitative estimate of drug-likeness (QED) is 0.127. The van der Waals surface area contributed by atoms with Gasteiger partial charge in [-0.05, 0) is 36.6 Å². The van der Waals surface area contributed by atoms with Crippen molar-refractivity contribution in [3.8, 4) is 0 Å². The van der Waals surface area contributed by atoms with Gasteiger partial charge < -0.3 is 5.11 Å². The van der Waals surface area contributed by atoms with Gasteiger partial charge >= 0.3 is 12.3 Å². The molecule has 0 saturated carbocycles. The number of carboxylic acid groups (broad SMARTS) is 1. The fourth-order valence-corrected chi connectivity index (χ4v) is 4.27. The lowest BCUT2D eigenvalue weighted by atomic mass is 9.99. The first-order chi connectivity index (χ1) is 16.7. The van der Waals surface area contributed by atoms with Gasteiger partial charge in [-0.25, -0.2) is 14.7 Å². The van der Waals surface area contributed by atoms with Gasteiger partial charge in [-0.1, -0.05) is 69.1 Å². The summed E-state index contributed by atoms with van der Waals surface area (Å²) >= 11 is 0.445. The molecule has 0 spiro atoms. The molecular formula is C25H29F4N3O2S. The van der Waals surface area contributed by atoms with Crippen molar-refractivity contribution in [2.45, 2.75) is 64.5 Å². The van der Waals surface area contributed by atoms with Crippen molar-refractivity contribution in [2.24, 2.45) is 4.99 Å². The van der Waals surface area contributed by atoms with Crippen LogP contribution in [0.25, 0.3) is 0 Å². The molecule has 2 aromatic rings. The van der Waals surface area contributed by atoms with Crippen LogP contribution in [0.2, 0.25) is 0 Å². The summed E-state index contributed by atoms with van der Waals surface area (Å²) < 4.78 is 55.8. The number of alkyl halides is 3. The smallest absolute Gasteiger partial charge is 0.418 e. The summed E-state index contributed by atoms with van der Waals surface area (Å²) in [6.45, 7) is 5.58. The maximum Gasteiger partial charge on any atom is 0.418 e. The molecule has 1 aromatic carbocycles. The average molecular weight is 512 g/mol. The van der Waals surface area contributed by atoms with Gasteiger partial charge in [0.2, 0.25) is 10.3 Å². The number of anilines is 2. The molecule has 0 saturated heterocycles. The number of unbranched alkanes of at least 4 members (excludes halogenated alkanes) is 5. The zero-order valence-electron chi connectivity index (χ0n) is 19.5. The zero-order valence-corrected chi connectivity index (χ0v) is 20.3. The second-order valence-corrected chi connectivity index (χ2v) is 8.73. The number of thiazole rings is 1. The van der Waals surface area contributed by atoms with Crippen molar-refractivity contribution >= 4 is 34.5 Å². The van der Waals surface area contributed by atoms with Crippen molar-refractivity contribution in [1.82, 2.24) is 4.98 Å². The molecule has 0 bridgehead atoms. The molecule has 0 aliphatic heterocycles. The minimum Gasteiger partial charge on any atom is -0.464 e. The minimum absolute atomic E-state index is 0.0116. The van der Waals surface area contributed by atoms with Crippen LogP contribution in [0.15, 0.2) is 48.1 Å². The highest BCUT2D eigenvalue weighted by Crippen LogP contribution is 2.38. The van der Waals surface area contributed by atoms with Crippen LogP contribution >= 0.6 is 11.3 Å². The number of amides is 1. The number of hydrogen-bond acceptors (Lipinski definition) is 4. The van der Waals surface area contributed by atoms with E-state index in [2.05, 4.69) is 23.5 Å². The molecule has 1 aromatic heterocycles. The van der Waals surface area contributed by atoms with Gasteiger partial charge in [0.05, 0.1) is 16.9 Å². The lowest BCUT2D eigenvalue weighted by molar-refractivity contribution is -0.138. The van der Waals surface area contributed by atoms with Crippen molar-refractivity contribution in [3.63, 3.8) is 0 Å². The summed E-state index contributed by atoms with van der Waals surface area (Å²) in [6, 6.07) is 3.39. The number of nitrogens with zero attached hydrogens (tertiary/aromatic N) is 3. The van der Waals surface area contributed by atoms with E-state index in [9.17, 15) is 27.5 Å². The monoisotopic (exact) mass is 511 g/mol. The Morgan fingerprint density at radius 2 is 1.94 bits per heavy atom. The molecule has 0 unspecified atom stereocenters. The van der Waals surface area contributed by atoms with E-state index in [1.807, 2.05) is 0 Å². The van der Waals surface area contributed by atoms with Crippen molar-refractivity contribution in [2.75, 3.05) is 4.90 Å². The summed E-state index contributed by atoms with van der Waals surface area (Å²) in [5.74, 6) is 0. The largest absolute Gasteiger partial charge is 0.464 e. The molecule has 0 atom stereocenters. The molecule has 2 rings (SSSR count). The van der Waals surface area contributed by atoms with Crippen LogP contribution in [0.1, 0.15) is 62.3 Å². The van der Waals surface area contributed by atoms with Gasteiger partial charge in [0.1, 0.15) is 0 Å². The van der Waals surface area contributed by atoms with Gasteiger partial charge in [0.25, 0.3) is 0 Å². The van der Waals surface area contributed by atoms with Crippen LogP contribution in [-0.4, -0.2) is 22.4 Å². The Bertz CT molecular complexity index is 1050. The summed E-state index contributed by atoms with van der Waals surface area (Å²) in [4.78, 5) is 20.4. The number of carbonyl (C=O) groups is 1. The van der Waals surface area contributed by atoms with E-state index in [-0.39, 0.29) is 34.9 Å². The average Bonchev–Trinajstić information content (AvgIpc) is 3.15. The predicted octanol–water partition coefficient (Wildman–Crippen LogP) is 8.33. The standard InChI is InChI=1S/C25H29F4N3O2S/c1-3-5-7-8-9-10-11-18-12-13-19(17-20(18)25(27,28)29)32(24(33)34)23-31-21(22(26)35-23)14-16-30-15-6-4-2/h4,6,12-13,15-17H,2-3,5,7-11,14H2,1H3,(H,33,34)/b15-6-,30-16?. The Labute approximate surface area is 206 Å². The van der Waals surface area contributed by atoms with Crippen LogP contribution in [0.3, 0.4) is 0 Å². The predicted molar refractivity (Wildman–Crippen MR) is 132 cm³/mol. The van der Waals surface area contributed by atoms with E-state index in [1.165, 1.54) is 30.6 Å². The highest BCUT2D eigenvalue weighted by molar-refractivity contribution is 7.14. The normalized spacial score (nSPS) is 12.0. The molecule has 5 nitrogen and oxygen atoms in total. The number of aromatic nitrogens is 1. The Kier molecular flexibility index (Phi) is 11.1. The van der Waals surface area contributed by atoms with Crippen LogP contribution in [-0.2, 0) is 19.0 Å². The van der Waals surface area contributed by atoms with Gasteiger partial charge in [-0.2, -0.15) is 17.6 Å². The Hall–Kier alpha value is -3.01. The van der Waals surface area contributed by atoms with Crippen LogP contribution in [0.4, 0.5) is 33.2 Å². The first-order valence-corrected chi connectivity index (χ1v) is 12.2. The maximum atomic E-state index is 14.4. The highest BCUT2D eigenvalue weighted by Gasteiger charge is 2.35. The zero-order chi connectivity index (χ0) is 25.8. The first kappa shape index (κ1) is 28.2. The lowest BCUT2D eigenvalue weighted by Crippen LogP contribution is -2.24.